The summed E-state index contributed by atoms with van der Waals surface area (Å²) in [7, 11) is -3.40. The molecule has 9 heteroatoms. The first-order valence-corrected chi connectivity index (χ1v) is 9.95. The van der Waals surface area contributed by atoms with Crippen LogP contribution in [0.4, 0.5) is 5.69 Å². The maximum absolute atomic E-state index is 12.1. The first-order valence-electron chi connectivity index (χ1n) is 7.68. The molecule has 7 nitrogen and oxygen atoms in total. The number of ketones is 1. The van der Waals surface area contributed by atoms with Crippen LogP contribution in [0.3, 0.4) is 0 Å². The smallest absolute Gasteiger partial charge is 0.374 e. The summed E-state index contributed by atoms with van der Waals surface area (Å²) in [6.07, 6.45) is 1.03. The standard InChI is InChI=1S/C18H14ClNO6S/c1-27(23,24)20-14-5-2-11(3-6-14)15(21)10-25-18(22)17-9-12-8-13(19)4-7-16(12)26-17/h2-9,20H,10H2,1H3. The normalized spacial score (nSPS) is 11.3. The highest BCUT2D eigenvalue weighted by Crippen LogP contribution is 2.23. The van der Waals surface area contributed by atoms with E-state index in [-0.39, 0.29) is 11.3 Å². The molecule has 0 fully saturated rings. The summed E-state index contributed by atoms with van der Waals surface area (Å²) < 4.78 is 35.0. The summed E-state index contributed by atoms with van der Waals surface area (Å²) in [4.78, 5) is 24.2. The van der Waals surface area contributed by atoms with Crippen molar-refractivity contribution in [2.24, 2.45) is 0 Å². The SMILES string of the molecule is CS(=O)(=O)Nc1ccc(C(=O)COC(=O)c2cc3cc(Cl)ccc3o2)cc1. The number of rotatable bonds is 6. The molecule has 27 heavy (non-hydrogen) atoms. The van der Waals surface area contributed by atoms with Crippen molar-refractivity contribution < 1.29 is 27.2 Å². The number of ether oxygens (including phenoxy) is 1. The molecule has 140 valence electrons. The van der Waals surface area contributed by atoms with Gasteiger partial charge in [0.1, 0.15) is 5.58 Å². The maximum atomic E-state index is 12.1. The minimum absolute atomic E-state index is 0.0345. The Morgan fingerprint density at radius 1 is 1.11 bits per heavy atom. The molecule has 3 rings (SSSR count). The van der Waals surface area contributed by atoms with Gasteiger partial charge in [-0.2, -0.15) is 0 Å². The highest BCUT2D eigenvalue weighted by atomic mass is 35.5. The van der Waals surface area contributed by atoms with Crippen LogP contribution in [0.2, 0.25) is 5.02 Å². The van der Waals surface area contributed by atoms with Crippen LogP contribution in [-0.4, -0.2) is 33.0 Å². The van der Waals surface area contributed by atoms with Gasteiger partial charge in [0.25, 0.3) is 0 Å². The molecule has 1 N–H and O–H groups in total. The Kier molecular flexibility index (Phi) is 5.20. The molecule has 0 radical (unpaired) electrons. The fraction of sp³-hybridized carbons (Fsp3) is 0.111. The van der Waals surface area contributed by atoms with Crippen molar-refractivity contribution >= 4 is 50.0 Å². The minimum atomic E-state index is -3.40. The molecule has 1 heterocycles. The summed E-state index contributed by atoms with van der Waals surface area (Å²) in [5, 5.41) is 1.15. The van der Waals surface area contributed by atoms with E-state index in [0.29, 0.717) is 21.7 Å². The summed E-state index contributed by atoms with van der Waals surface area (Å²) in [5.41, 5.74) is 1.08. The van der Waals surface area contributed by atoms with Crippen LogP contribution in [0, 0.1) is 0 Å². The number of anilines is 1. The minimum Gasteiger partial charge on any atom is -0.451 e. The Hall–Kier alpha value is -2.84. The van der Waals surface area contributed by atoms with Gasteiger partial charge in [0.15, 0.2) is 12.4 Å². The fourth-order valence-corrected chi connectivity index (χ4v) is 3.08. The molecule has 0 saturated carbocycles. The van der Waals surface area contributed by atoms with E-state index in [1.165, 1.54) is 30.3 Å². The number of hydrogen-bond donors (Lipinski definition) is 1. The highest BCUT2D eigenvalue weighted by Gasteiger charge is 2.16. The van der Waals surface area contributed by atoms with Gasteiger partial charge in [-0.15, -0.1) is 0 Å². The van der Waals surface area contributed by atoms with Gasteiger partial charge in [-0.25, -0.2) is 13.2 Å². The number of fused-ring (bicyclic) bond motifs is 1. The van der Waals surface area contributed by atoms with Crippen molar-refractivity contribution in [2.75, 3.05) is 17.6 Å². The Morgan fingerprint density at radius 2 is 1.81 bits per heavy atom. The predicted molar refractivity (Wildman–Crippen MR) is 101 cm³/mol. The van der Waals surface area contributed by atoms with Crippen LogP contribution in [-0.2, 0) is 14.8 Å². The van der Waals surface area contributed by atoms with E-state index in [0.717, 1.165) is 6.26 Å². The summed E-state index contributed by atoms with van der Waals surface area (Å²) in [6, 6.07) is 12.2. The van der Waals surface area contributed by atoms with Crippen molar-refractivity contribution in [3.05, 3.63) is 64.9 Å². The monoisotopic (exact) mass is 407 g/mol. The third-order valence-electron chi connectivity index (χ3n) is 3.52. The number of Topliss-reactive ketones (excluding diaryl/α,β-unsaturated/α-hetero) is 1. The van der Waals surface area contributed by atoms with Crippen molar-refractivity contribution in [3.8, 4) is 0 Å². The number of nitrogens with one attached hydrogen (secondary N) is 1. The van der Waals surface area contributed by atoms with E-state index in [4.69, 9.17) is 20.8 Å². The zero-order valence-corrected chi connectivity index (χ0v) is 15.6. The van der Waals surface area contributed by atoms with Crippen LogP contribution >= 0.6 is 11.6 Å². The first-order chi connectivity index (χ1) is 12.7. The number of benzene rings is 2. The average Bonchev–Trinajstić information content (AvgIpc) is 3.01. The zero-order valence-electron chi connectivity index (χ0n) is 14.1. The third-order valence-corrected chi connectivity index (χ3v) is 4.37. The Morgan fingerprint density at radius 3 is 2.48 bits per heavy atom. The van der Waals surface area contributed by atoms with E-state index in [2.05, 4.69) is 4.72 Å². The first kappa shape index (κ1) is 18.9. The maximum Gasteiger partial charge on any atom is 0.374 e. The topological polar surface area (TPSA) is 103 Å². The van der Waals surface area contributed by atoms with Gasteiger partial charge in [0, 0.05) is 21.7 Å². The van der Waals surface area contributed by atoms with Crippen LogP contribution in [0.25, 0.3) is 11.0 Å². The third kappa shape index (κ3) is 4.87. The van der Waals surface area contributed by atoms with Gasteiger partial charge in [-0.05, 0) is 48.5 Å². The number of furan rings is 1. The van der Waals surface area contributed by atoms with Gasteiger partial charge in [0.2, 0.25) is 15.8 Å². The molecular weight excluding hydrogens is 394 g/mol. The summed E-state index contributed by atoms with van der Waals surface area (Å²) in [5.74, 6) is -1.24. The van der Waals surface area contributed by atoms with Gasteiger partial charge in [-0.1, -0.05) is 11.6 Å². The average molecular weight is 408 g/mol. The van der Waals surface area contributed by atoms with Gasteiger partial charge >= 0.3 is 5.97 Å². The fourth-order valence-electron chi connectivity index (χ4n) is 2.34. The molecule has 0 amide bonds. The predicted octanol–water partition coefficient (Wildman–Crippen LogP) is 3.50. The Bertz CT molecular complexity index is 1120. The van der Waals surface area contributed by atoms with E-state index < -0.39 is 28.4 Å². The van der Waals surface area contributed by atoms with Gasteiger partial charge < -0.3 is 9.15 Å². The second-order valence-corrected chi connectivity index (χ2v) is 7.93. The van der Waals surface area contributed by atoms with E-state index in [1.54, 1.807) is 18.2 Å². The molecule has 1 aromatic heterocycles. The largest absolute Gasteiger partial charge is 0.451 e. The number of hydrogen-bond acceptors (Lipinski definition) is 6. The van der Waals surface area contributed by atoms with E-state index in [1.807, 2.05) is 0 Å². The van der Waals surface area contributed by atoms with Crippen molar-refractivity contribution in [2.45, 2.75) is 0 Å². The molecule has 0 aliphatic carbocycles. The van der Waals surface area contributed by atoms with Crippen molar-refractivity contribution in [1.29, 1.82) is 0 Å². The number of carbonyl (C=O) groups excluding carboxylic acids is 2. The second-order valence-electron chi connectivity index (χ2n) is 5.74. The molecule has 0 atom stereocenters. The van der Waals surface area contributed by atoms with Crippen molar-refractivity contribution in [1.82, 2.24) is 0 Å². The lowest BCUT2D eigenvalue weighted by Gasteiger charge is -2.05. The summed E-state index contributed by atoms with van der Waals surface area (Å²) in [6.45, 7) is -0.477. The Balaban J connectivity index is 1.63. The molecule has 0 saturated heterocycles. The Labute approximate surface area is 159 Å². The van der Waals surface area contributed by atoms with E-state index in [9.17, 15) is 18.0 Å². The summed E-state index contributed by atoms with van der Waals surface area (Å²) >= 11 is 5.88. The molecule has 0 aliphatic heterocycles. The quantitative estimate of drug-likeness (QED) is 0.495. The van der Waals surface area contributed by atoms with Crippen LogP contribution in [0.5, 0.6) is 0 Å². The van der Waals surface area contributed by atoms with E-state index >= 15 is 0 Å². The molecular formula is C18H14ClNO6S. The molecule has 0 aliphatic rings. The molecule has 0 bridgehead atoms. The molecule has 0 spiro atoms. The zero-order chi connectivity index (χ0) is 19.6. The van der Waals surface area contributed by atoms with Gasteiger partial charge in [0.05, 0.1) is 6.26 Å². The molecule has 3 aromatic rings. The lowest BCUT2D eigenvalue weighted by molar-refractivity contribution is 0.0446. The van der Waals surface area contributed by atoms with Crippen LogP contribution < -0.4 is 4.72 Å². The number of esters is 1. The van der Waals surface area contributed by atoms with Crippen LogP contribution in [0.1, 0.15) is 20.9 Å². The second kappa shape index (κ2) is 7.42. The van der Waals surface area contributed by atoms with Crippen LogP contribution in [0.15, 0.2) is 52.9 Å². The lowest BCUT2D eigenvalue weighted by Crippen LogP contribution is -2.14. The molecule has 0 unspecified atom stereocenters. The van der Waals surface area contributed by atoms with Gasteiger partial charge in [-0.3, -0.25) is 9.52 Å². The lowest BCUT2D eigenvalue weighted by atomic mass is 10.1. The molecule has 2 aromatic carbocycles. The number of carbonyl (C=O) groups is 2. The highest BCUT2D eigenvalue weighted by molar-refractivity contribution is 7.92. The van der Waals surface area contributed by atoms with Crippen molar-refractivity contribution in [3.63, 3.8) is 0 Å². The number of halogens is 1. The number of sulfonamides is 1.